The molecule has 2 heterocycles. The molecule has 0 amide bonds. The lowest BCUT2D eigenvalue weighted by Crippen LogP contribution is -2.48. The van der Waals surface area contributed by atoms with Gasteiger partial charge in [0.1, 0.15) is 24.8 Å². The smallest absolute Gasteiger partial charge is 0.222 e. The summed E-state index contributed by atoms with van der Waals surface area (Å²) < 4.78 is 16.8. The first kappa shape index (κ1) is 27.2. The van der Waals surface area contributed by atoms with Gasteiger partial charge in [-0.1, -0.05) is 23.7 Å². The molecule has 0 bridgehead atoms. The molecule has 0 atom stereocenters. The van der Waals surface area contributed by atoms with E-state index in [9.17, 15) is 0 Å². The SMILES string of the molecule is N#CCOCCOCCN1CCN(c2nc(N)nc3c2CCc2cc(OCc4ccc(Cl)cc4)ccc2-3)CC1. The van der Waals surface area contributed by atoms with Gasteiger partial charge in [0.15, 0.2) is 0 Å². The van der Waals surface area contributed by atoms with E-state index in [1.165, 1.54) is 11.1 Å². The number of nitrogens with two attached hydrogens (primary N) is 1. The van der Waals surface area contributed by atoms with Crippen molar-refractivity contribution < 1.29 is 14.2 Å². The Balaban J connectivity index is 1.20. The predicted molar refractivity (Wildman–Crippen MR) is 151 cm³/mol. The molecule has 2 N–H and O–H groups in total. The van der Waals surface area contributed by atoms with E-state index in [1.54, 1.807) is 0 Å². The number of nitrogens with zero attached hydrogens (tertiary/aromatic N) is 5. The Kier molecular flexibility index (Phi) is 9.12. The molecule has 0 spiro atoms. The van der Waals surface area contributed by atoms with Crippen LogP contribution < -0.4 is 15.4 Å². The maximum absolute atomic E-state index is 8.49. The van der Waals surface area contributed by atoms with E-state index in [4.69, 9.17) is 36.8 Å². The lowest BCUT2D eigenvalue weighted by molar-refractivity contribution is 0.0477. The lowest BCUT2D eigenvalue weighted by Gasteiger charge is -2.37. The minimum atomic E-state index is 0.106. The lowest BCUT2D eigenvalue weighted by atomic mass is 9.88. The van der Waals surface area contributed by atoms with E-state index in [0.29, 0.717) is 32.4 Å². The third-order valence-corrected chi connectivity index (χ3v) is 7.31. The zero-order valence-electron chi connectivity index (χ0n) is 21.9. The van der Waals surface area contributed by atoms with Gasteiger partial charge in [0, 0.05) is 48.9 Å². The second kappa shape index (κ2) is 13.1. The van der Waals surface area contributed by atoms with Gasteiger partial charge in [0.25, 0.3) is 0 Å². The molecule has 3 aromatic rings. The molecule has 1 aliphatic carbocycles. The van der Waals surface area contributed by atoms with Crippen molar-refractivity contribution in [1.82, 2.24) is 14.9 Å². The molecule has 1 aliphatic heterocycles. The van der Waals surface area contributed by atoms with Crippen LogP contribution in [0.2, 0.25) is 5.02 Å². The first-order valence-electron chi connectivity index (χ1n) is 13.3. The van der Waals surface area contributed by atoms with Crippen LogP contribution in [0.1, 0.15) is 16.7 Å². The van der Waals surface area contributed by atoms with Crippen molar-refractivity contribution in [3.05, 3.63) is 64.2 Å². The van der Waals surface area contributed by atoms with Crippen LogP contribution in [0.3, 0.4) is 0 Å². The highest BCUT2D eigenvalue weighted by Gasteiger charge is 2.27. The molecule has 0 unspecified atom stereocenters. The average molecular weight is 549 g/mol. The van der Waals surface area contributed by atoms with E-state index < -0.39 is 0 Å². The van der Waals surface area contributed by atoms with E-state index in [0.717, 1.165) is 79.0 Å². The molecule has 5 rings (SSSR count). The average Bonchev–Trinajstić information content (AvgIpc) is 2.96. The van der Waals surface area contributed by atoms with Crippen LogP contribution in [0.4, 0.5) is 11.8 Å². The van der Waals surface area contributed by atoms with Crippen LogP contribution >= 0.6 is 11.6 Å². The number of benzene rings is 2. The summed E-state index contributed by atoms with van der Waals surface area (Å²) in [6.07, 6.45) is 1.76. The largest absolute Gasteiger partial charge is 0.489 e. The van der Waals surface area contributed by atoms with Gasteiger partial charge in [-0.15, -0.1) is 0 Å². The monoisotopic (exact) mass is 548 g/mol. The summed E-state index contributed by atoms with van der Waals surface area (Å²) in [6.45, 7) is 6.66. The first-order chi connectivity index (χ1) is 19.1. The van der Waals surface area contributed by atoms with Gasteiger partial charge >= 0.3 is 0 Å². The number of nitrogen functional groups attached to an aromatic ring is 1. The number of aromatic nitrogens is 2. The number of anilines is 2. The Hall–Kier alpha value is -3.42. The van der Waals surface area contributed by atoms with Crippen LogP contribution in [-0.2, 0) is 28.9 Å². The molecule has 1 aromatic heterocycles. The fourth-order valence-corrected chi connectivity index (χ4v) is 5.15. The summed E-state index contributed by atoms with van der Waals surface area (Å²) in [5.74, 6) is 2.09. The van der Waals surface area contributed by atoms with E-state index in [2.05, 4.69) is 31.9 Å². The van der Waals surface area contributed by atoms with E-state index in [1.807, 2.05) is 36.4 Å². The van der Waals surface area contributed by atoms with Gasteiger partial charge in [0.05, 0.1) is 31.6 Å². The van der Waals surface area contributed by atoms with E-state index >= 15 is 0 Å². The Morgan fingerprint density at radius 3 is 2.54 bits per heavy atom. The maximum Gasteiger partial charge on any atom is 0.222 e. The predicted octanol–water partition coefficient (Wildman–Crippen LogP) is 3.74. The Morgan fingerprint density at radius 1 is 0.949 bits per heavy atom. The van der Waals surface area contributed by atoms with Crippen molar-refractivity contribution in [3.8, 4) is 23.1 Å². The molecule has 0 radical (unpaired) electrons. The molecular formula is C29H33ClN6O3. The van der Waals surface area contributed by atoms with Crippen molar-refractivity contribution in [1.29, 1.82) is 5.26 Å². The molecule has 9 nitrogen and oxygen atoms in total. The minimum absolute atomic E-state index is 0.106. The van der Waals surface area contributed by atoms with Gasteiger partial charge < -0.3 is 24.8 Å². The number of nitriles is 1. The van der Waals surface area contributed by atoms with Crippen molar-refractivity contribution in [2.45, 2.75) is 19.4 Å². The fourth-order valence-electron chi connectivity index (χ4n) is 5.02. The molecule has 0 saturated carbocycles. The molecule has 10 heteroatoms. The molecule has 39 heavy (non-hydrogen) atoms. The highest BCUT2D eigenvalue weighted by molar-refractivity contribution is 6.30. The summed E-state index contributed by atoms with van der Waals surface area (Å²) >= 11 is 5.99. The van der Waals surface area contributed by atoms with E-state index in [-0.39, 0.29) is 6.61 Å². The van der Waals surface area contributed by atoms with Crippen molar-refractivity contribution >= 4 is 23.4 Å². The number of hydrogen-bond acceptors (Lipinski definition) is 9. The molecule has 2 aromatic carbocycles. The van der Waals surface area contributed by atoms with Gasteiger partial charge in [0.2, 0.25) is 5.95 Å². The molecule has 2 aliphatic rings. The van der Waals surface area contributed by atoms with Crippen LogP contribution in [0.5, 0.6) is 5.75 Å². The van der Waals surface area contributed by atoms with Crippen molar-refractivity contribution in [2.75, 3.05) is 69.8 Å². The summed E-state index contributed by atoms with van der Waals surface area (Å²) in [4.78, 5) is 14.1. The second-order valence-corrected chi connectivity index (χ2v) is 10.1. The van der Waals surface area contributed by atoms with Crippen LogP contribution in [0, 0.1) is 11.3 Å². The molecular weight excluding hydrogens is 516 g/mol. The summed E-state index contributed by atoms with van der Waals surface area (Å²) in [6, 6.07) is 15.8. The summed E-state index contributed by atoms with van der Waals surface area (Å²) in [5, 5.41) is 9.20. The second-order valence-electron chi connectivity index (χ2n) is 9.62. The summed E-state index contributed by atoms with van der Waals surface area (Å²) in [5.41, 5.74) is 11.7. The topological polar surface area (TPSA) is 110 Å². The molecule has 204 valence electrons. The van der Waals surface area contributed by atoms with Crippen molar-refractivity contribution in [3.63, 3.8) is 0 Å². The first-order valence-corrected chi connectivity index (χ1v) is 13.6. The number of ether oxygens (including phenoxy) is 3. The number of hydrogen-bond donors (Lipinski definition) is 1. The number of piperazine rings is 1. The van der Waals surface area contributed by atoms with Gasteiger partial charge in [-0.3, -0.25) is 4.90 Å². The quantitative estimate of drug-likeness (QED) is 0.358. The third kappa shape index (κ3) is 6.97. The highest BCUT2D eigenvalue weighted by atomic mass is 35.5. The van der Waals surface area contributed by atoms with Crippen LogP contribution in [0.25, 0.3) is 11.3 Å². The minimum Gasteiger partial charge on any atom is -0.489 e. The van der Waals surface area contributed by atoms with Gasteiger partial charge in [-0.2, -0.15) is 10.2 Å². The third-order valence-electron chi connectivity index (χ3n) is 7.06. The number of fused-ring (bicyclic) bond motifs is 3. The molecule has 1 fully saturated rings. The molecule has 1 saturated heterocycles. The normalized spacial score (nSPS) is 14.9. The maximum atomic E-state index is 8.49. The number of rotatable bonds is 11. The number of halogens is 1. The zero-order chi connectivity index (χ0) is 27.0. The zero-order valence-corrected chi connectivity index (χ0v) is 22.7. The van der Waals surface area contributed by atoms with Gasteiger partial charge in [-0.05, 0) is 54.3 Å². The Labute approximate surface area is 234 Å². The van der Waals surface area contributed by atoms with Crippen LogP contribution in [0.15, 0.2) is 42.5 Å². The summed E-state index contributed by atoms with van der Waals surface area (Å²) in [7, 11) is 0. The Bertz CT molecular complexity index is 1310. The van der Waals surface area contributed by atoms with Crippen molar-refractivity contribution in [2.24, 2.45) is 0 Å². The van der Waals surface area contributed by atoms with Gasteiger partial charge in [-0.25, -0.2) is 4.98 Å². The standard InChI is InChI=1S/C29H33ClN6O3/c30-23-4-1-21(2-5-23)20-39-24-6-8-25-22(19-24)3-7-26-27(25)33-29(32)34-28(26)36-12-10-35(11-13-36)14-16-38-18-17-37-15-9-31/h1-2,4-6,8,19H,3,7,10-18,20H2,(H2,32,33,34). The Morgan fingerprint density at radius 2 is 1.74 bits per heavy atom. The highest BCUT2D eigenvalue weighted by Crippen LogP contribution is 2.38. The number of aryl methyl sites for hydroxylation is 1. The van der Waals surface area contributed by atoms with Crippen LogP contribution in [-0.4, -0.2) is 74.0 Å². The fraction of sp³-hybridized carbons (Fsp3) is 0.414.